The first-order valence-corrected chi connectivity index (χ1v) is 6.74. The number of benzene rings is 1. The largest absolute Gasteiger partial charge is 0.383 e. The van der Waals surface area contributed by atoms with E-state index in [9.17, 15) is 0 Å². The summed E-state index contributed by atoms with van der Waals surface area (Å²) in [5.41, 5.74) is 2.64. The summed E-state index contributed by atoms with van der Waals surface area (Å²) in [7, 11) is 1.72. The van der Waals surface area contributed by atoms with Crippen molar-refractivity contribution >= 4 is 10.9 Å². The summed E-state index contributed by atoms with van der Waals surface area (Å²) in [6.45, 7) is 7.28. The van der Waals surface area contributed by atoms with Crippen LogP contribution in [0, 0.1) is 0 Å². The highest BCUT2D eigenvalue weighted by Gasteiger charge is 2.04. The van der Waals surface area contributed by atoms with E-state index in [1.807, 2.05) is 6.08 Å². The molecule has 1 aromatic carbocycles. The van der Waals surface area contributed by atoms with Crippen molar-refractivity contribution in [2.75, 3.05) is 20.3 Å². The zero-order valence-corrected chi connectivity index (χ0v) is 11.6. The van der Waals surface area contributed by atoms with Crippen LogP contribution in [0.2, 0.25) is 0 Å². The van der Waals surface area contributed by atoms with Gasteiger partial charge in [-0.3, -0.25) is 0 Å². The Morgan fingerprint density at radius 1 is 1.37 bits per heavy atom. The highest BCUT2D eigenvalue weighted by molar-refractivity contribution is 5.83. The predicted molar refractivity (Wildman–Crippen MR) is 80.3 cm³/mol. The fourth-order valence-corrected chi connectivity index (χ4v) is 2.26. The monoisotopic (exact) mass is 258 g/mol. The average molecular weight is 258 g/mol. The zero-order valence-electron chi connectivity index (χ0n) is 11.6. The SMILES string of the molecule is C=CCCn1ccc2c(CNCCOC)cccc21. The van der Waals surface area contributed by atoms with Gasteiger partial charge < -0.3 is 14.6 Å². The molecule has 2 rings (SSSR count). The number of fused-ring (bicyclic) bond motifs is 1. The number of ether oxygens (including phenoxy) is 1. The number of aromatic nitrogens is 1. The number of hydrogen-bond acceptors (Lipinski definition) is 2. The molecule has 0 aliphatic rings. The van der Waals surface area contributed by atoms with Crippen LogP contribution in [0.4, 0.5) is 0 Å². The molecule has 1 heterocycles. The maximum Gasteiger partial charge on any atom is 0.0587 e. The van der Waals surface area contributed by atoms with Gasteiger partial charge in [-0.05, 0) is 24.1 Å². The Kier molecular flexibility index (Phi) is 5.19. The van der Waals surface area contributed by atoms with Gasteiger partial charge in [-0.15, -0.1) is 6.58 Å². The van der Waals surface area contributed by atoms with Crippen LogP contribution < -0.4 is 5.32 Å². The summed E-state index contributed by atoms with van der Waals surface area (Å²) < 4.78 is 7.33. The molecular formula is C16H22N2O. The van der Waals surface area contributed by atoms with Crippen LogP contribution in [-0.2, 0) is 17.8 Å². The molecule has 0 saturated carbocycles. The first kappa shape index (κ1) is 13.8. The lowest BCUT2D eigenvalue weighted by atomic mass is 10.1. The quantitative estimate of drug-likeness (QED) is 0.582. The normalized spacial score (nSPS) is 11.0. The van der Waals surface area contributed by atoms with Crippen molar-refractivity contribution in [3.05, 3.63) is 48.7 Å². The molecule has 1 N–H and O–H groups in total. The van der Waals surface area contributed by atoms with Crippen molar-refractivity contribution in [2.45, 2.75) is 19.5 Å². The van der Waals surface area contributed by atoms with Crippen molar-refractivity contribution in [1.29, 1.82) is 0 Å². The van der Waals surface area contributed by atoms with Gasteiger partial charge in [0.2, 0.25) is 0 Å². The molecule has 0 amide bonds. The number of rotatable bonds is 8. The molecule has 0 aliphatic heterocycles. The van der Waals surface area contributed by atoms with Gasteiger partial charge in [-0.25, -0.2) is 0 Å². The summed E-state index contributed by atoms with van der Waals surface area (Å²) in [6, 6.07) is 8.68. The fraction of sp³-hybridized carbons (Fsp3) is 0.375. The third-order valence-corrected chi connectivity index (χ3v) is 3.28. The summed E-state index contributed by atoms with van der Waals surface area (Å²) in [6.07, 6.45) is 5.12. The van der Waals surface area contributed by atoms with E-state index in [4.69, 9.17) is 4.74 Å². The molecule has 0 radical (unpaired) electrons. The van der Waals surface area contributed by atoms with Crippen molar-refractivity contribution in [2.24, 2.45) is 0 Å². The first-order valence-electron chi connectivity index (χ1n) is 6.74. The highest BCUT2D eigenvalue weighted by Crippen LogP contribution is 2.20. The average Bonchev–Trinajstić information content (AvgIpc) is 2.85. The van der Waals surface area contributed by atoms with Crippen LogP contribution in [0.1, 0.15) is 12.0 Å². The smallest absolute Gasteiger partial charge is 0.0587 e. The van der Waals surface area contributed by atoms with Crippen LogP contribution in [0.15, 0.2) is 43.1 Å². The van der Waals surface area contributed by atoms with E-state index in [1.54, 1.807) is 7.11 Å². The van der Waals surface area contributed by atoms with Crippen LogP contribution in [0.25, 0.3) is 10.9 Å². The van der Waals surface area contributed by atoms with Gasteiger partial charge in [0.25, 0.3) is 0 Å². The standard InChI is InChI=1S/C16H22N2O/c1-3-4-10-18-11-8-15-14(6-5-7-16(15)18)13-17-9-12-19-2/h3,5-8,11,17H,1,4,9-10,12-13H2,2H3. The van der Waals surface area contributed by atoms with Crippen LogP contribution in [-0.4, -0.2) is 24.8 Å². The maximum atomic E-state index is 5.04. The molecule has 0 bridgehead atoms. The Hall–Kier alpha value is -1.58. The molecule has 0 aliphatic carbocycles. The van der Waals surface area contributed by atoms with Gasteiger partial charge in [-0.2, -0.15) is 0 Å². The van der Waals surface area contributed by atoms with Crippen LogP contribution >= 0.6 is 0 Å². The molecule has 19 heavy (non-hydrogen) atoms. The number of hydrogen-bond donors (Lipinski definition) is 1. The lowest BCUT2D eigenvalue weighted by Gasteiger charge is -2.07. The molecule has 3 heteroatoms. The van der Waals surface area contributed by atoms with Gasteiger partial charge in [0, 0.05) is 43.8 Å². The van der Waals surface area contributed by atoms with E-state index in [0.29, 0.717) is 0 Å². The molecule has 0 spiro atoms. The van der Waals surface area contributed by atoms with Gasteiger partial charge in [0.05, 0.1) is 6.61 Å². The van der Waals surface area contributed by atoms with E-state index in [0.717, 1.165) is 32.7 Å². The van der Waals surface area contributed by atoms with Crippen molar-refractivity contribution < 1.29 is 4.74 Å². The van der Waals surface area contributed by atoms with Gasteiger partial charge in [0.15, 0.2) is 0 Å². The maximum absolute atomic E-state index is 5.04. The number of allylic oxidation sites excluding steroid dienone is 1. The minimum Gasteiger partial charge on any atom is -0.383 e. The number of nitrogens with zero attached hydrogens (tertiary/aromatic N) is 1. The molecule has 0 saturated heterocycles. The zero-order chi connectivity index (χ0) is 13.5. The van der Waals surface area contributed by atoms with E-state index in [-0.39, 0.29) is 0 Å². The predicted octanol–water partition coefficient (Wildman–Crippen LogP) is 2.95. The number of methoxy groups -OCH3 is 1. The van der Waals surface area contributed by atoms with Gasteiger partial charge in [0.1, 0.15) is 0 Å². The van der Waals surface area contributed by atoms with E-state index < -0.39 is 0 Å². The molecule has 0 fully saturated rings. The Labute approximate surface area is 114 Å². The van der Waals surface area contributed by atoms with Crippen molar-refractivity contribution in [3.63, 3.8) is 0 Å². The molecule has 0 atom stereocenters. The highest BCUT2D eigenvalue weighted by atomic mass is 16.5. The second-order valence-electron chi connectivity index (χ2n) is 4.61. The van der Waals surface area contributed by atoms with Crippen LogP contribution in [0.3, 0.4) is 0 Å². The molecular weight excluding hydrogens is 236 g/mol. The first-order chi connectivity index (χ1) is 9.36. The minimum atomic E-state index is 0.746. The Bertz CT molecular complexity index is 531. The fourth-order valence-electron chi connectivity index (χ4n) is 2.26. The number of aryl methyl sites for hydroxylation is 1. The Morgan fingerprint density at radius 3 is 3.05 bits per heavy atom. The molecule has 102 valence electrons. The minimum absolute atomic E-state index is 0.746. The van der Waals surface area contributed by atoms with Gasteiger partial charge in [-0.1, -0.05) is 18.2 Å². The second kappa shape index (κ2) is 7.12. The topological polar surface area (TPSA) is 26.2 Å². The van der Waals surface area contributed by atoms with E-state index in [2.05, 4.69) is 46.9 Å². The Morgan fingerprint density at radius 2 is 2.26 bits per heavy atom. The summed E-state index contributed by atoms with van der Waals surface area (Å²) in [5, 5.41) is 4.73. The number of nitrogens with one attached hydrogen (secondary N) is 1. The van der Waals surface area contributed by atoms with Gasteiger partial charge >= 0.3 is 0 Å². The third-order valence-electron chi connectivity index (χ3n) is 3.28. The lowest BCUT2D eigenvalue weighted by molar-refractivity contribution is 0.199. The Balaban J connectivity index is 2.11. The summed E-state index contributed by atoms with van der Waals surface area (Å²) >= 11 is 0. The van der Waals surface area contributed by atoms with E-state index >= 15 is 0 Å². The molecule has 0 unspecified atom stereocenters. The summed E-state index contributed by atoms with van der Waals surface area (Å²) in [5.74, 6) is 0. The molecule has 3 nitrogen and oxygen atoms in total. The van der Waals surface area contributed by atoms with Crippen molar-refractivity contribution in [3.8, 4) is 0 Å². The van der Waals surface area contributed by atoms with Crippen molar-refractivity contribution in [1.82, 2.24) is 9.88 Å². The third kappa shape index (κ3) is 3.46. The lowest BCUT2D eigenvalue weighted by Crippen LogP contribution is -2.18. The van der Waals surface area contributed by atoms with Crippen LogP contribution in [0.5, 0.6) is 0 Å². The van der Waals surface area contributed by atoms with E-state index in [1.165, 1.54) is 16.5 Å². The molecule has 1 aromatic heterocycles. The second-order valence-corrected chi connectivity index (χ2v) is 4.61. The molecule has 2 aromatic rings. The summed E-state index contributed by atoms with van der Waals surface area (Å²) in [4.78, 5) is 0.